The Bertz CT molecular complexity index is 879. The lowest BCUT2D eigenvalue weighted by atomic mass is 10.1. The molecule has 3 rings (SSSR count). The number of carbonyl (C=O) groups excluding carboxylic acids is 2. The Morgan fingerprint density at radius 1 is 0.913 bits per heavy atom. The van der Waals surface area contributed by atoms with Gasteiger partial charge in [-0.15, -0.1) is 0 Å². The first kappa shape index (κ1) is 14.8. The monoisotopic (exact) mass is 308 g/mol. The van der Waals surface area contributed by atoms with E-state index in [1.54, 1.807) is 31.2 Å². The predicted octanol–water partition coefficient (Wildman–Crippen LogP) is 3.95. The standard InChI is InChI=1S/C18H16N2O3/c1-11-17(15-5-3-4-6-16(15)23-11)18(22)20-14-9-7-13(8-10-14)19-12(2)21/h3-10H,1-2H3,(H,19,21)(H,20,22). The molecule has 0 saturated heterocycles. The Hall–Kier alpha value is -3.08. The second-order valence-electron chi connectivity index (χ2n) is 5.24. The molecular formula is C18H16N2O3. The van der Waals surface area contributed by atoms with Crippen LogP contribution in [0.3, 0.4) is 0 Å². The van der Waals surface area contributed by atoms with Gasteiger partial charge in [0.25, 0.3) is 5.91 Å². The smallest absolute Gasteiger partial charge is 0.259 e. The number of hydrogen-bond donors (Lipinski definition) is 2. The number of fused-ring (bicyclic) bond motifs is 1. The number of nitrogens with one attached hydrogen (secondary N) is 2. The lowest BCUT2D eigenvalue weighted by Crippen LogP contribution is -2.12. The Morgan fingerprint density at radius 2 is 1.52 bits per heavy atom. The maximum Gasteiger partial charge on any atom is 0.259 e. The van der Waals surface area contributed by atoms with Crippen molar-refractivity contribution in [3.63, 3.8) is 0 Å². The topological polar surface area (TPSA) is 71.3 Å². The molecule has 116 valence electrons. The van der Waals surface area contributed by atoms with Gasteiger partial charge in [-0.1, -0.05) is 18.2 Å². The van der Waals surface area contributed by atoms with Gasteiger partial charge in [-0.25, -0.2) is 0 Å². The van der Waals surface area contributed by atoms with Crippen LogP contribution in [0, 0.1) is 6.92 Å². The molecule has 0 atom stereocenters. The Balaban J connectivity index is 1.83. The molecule has 0 spiro atoms. The average molecular weight is 308 g/mol. The van der Waals surface area contributed by atoms with Gasteiger partial charge in [-0.3, -0.25) is 9.59 Å². The van der Waals surface area contributed by atoms with E-state index < -0.39 is 0 Å². The van der Waals surface area contributed by atoms with Crippen LogP contribution < -0.4 is 10.6 Å². The van der Waals surface area contributed by atoms with Crippen LogP contribution in [-0.4, -0.2) is 11.8 Å². The molecule has 5 heteroatoms. The molecule has 0 saturated carbocycles. The molecule has 3 aromatic rings. The molecule has 0 bridgehead atoms. The molecule has 0 radical (unpaired) electrons. The Morgan fingerprint density at radius 3 is 2.17 bits per heavy atom. The third-order valence-electron chi connectivity index (χ3n) is 3.46. The lowest BCUT2D eigenvalue weighted by molar-refractivity contribution is -0.114. The fraction of sp³-hybridized carbons (Fsp3) is 0.111. The Labute approximate surface area is 133 Å². The number of carbonyl (C=O) groups is 2. The molecule has 0 aliphatic carbocycles. The van der Waals surface area contributed by atoms with Crippen LogP contribution in [0.4, 0.5) is 11.4 Å². The highest BCUT2D eigenvalue weighted by Gasteiger charge is 2.17. The number of amides is 2. The van der Waals surface area contributed by atoms with Crippen LogP contribution >= 0.6 is 0 Å². The molecule has 0 fully saturated rings. The van der Waals surface area contributed by atoms with Crippen LogP contribution in [0.15, 0.2) is 52.9 Å². The third-order valence-corrected chi connectivity index (χ3v) is 3.46. The summed E-state index contributed by atoms with van der Waals surface area (Å²) in [6, 6.07) is 14.4. The summed E-state index contributed by atoms with van der Waals surface area (Å²) in [6.07, 6.45) is 0. The van der Waals surface area contributed by atoms with Gasteiger partial charge in [0.1, 0.15) is 11.3 Å². The number of rotatable bonds is 3. The van der Waals surface area contributed by atoms with E-state index in [0.717, 1.165) is 5.39 Å². The van der Waals surface area contributed by atoms with Crippen molar-refractivity contribution in [2.24, 2.45) is 0 Å². The largest absolute Gasteiger partial charge is 0.461 e. The summed E-state index contributed by atoms with van der Waals surface area (Å²) < 4.78 is 5.61. The van der Waals surface area contributed by atoms with Crippen molar-refractivity contribution in [2.45, 2.75) is 13.8 Å². The van der Waals surface area contributed by atoms with E-state index in [4.69, 9.17) is 4.42 Å². The highest BCUT2D eigenvalue weighted by atomic mass is 16.3. The maximum absolute atomic E-state index is 12.5. The van der Waals surface area contributed by atoms with Gasteiger partial charge in [0.05, 0.1) is 5.56 Å². The molecule has 0 aliphatic rings. The van der Waals surface area contributed by atoms with E-state index in [0.29, 0.717) is 28.3 Å². The normalized spacial score (nSPS) is 10.5. The molecule has 0 aliphatic heterocycles. The number of hydrogen-bond acceptors (Lipinski definition) is 3. The van der Waals surface area contributed by atoms with Gasteiger partial charge in [0, 0.05) is 23.7 Å². The molecule has 1 heterocycles. The van der Waals surface area contributed by atoms with E-state index in [-0.39, 0.29) is 11.8 Å². The minimum absolute atomic E-state index is 0.137. The number of aryl methyl sites for hydroxylation is 1. The van der Waals surface area contributed by atoms with Crippen molar-refractivity contribution < 1.29 is 14.0 Å². The molecule has 0 unspecified atom stereocenters. The van der Waals surface area contributed by atoms with Gasteiger partial charge >= 0.3 is 0 Å². The summed E-state index contributed by atoms with van der Waals surface area (Å²) in [5.41, 5.74) is 2.55. The molecule has 5 nitrogen and oxygen atoms in total. The van der Waals surface area contributed by atoms with E-state index >= 15 is 0 Å². The van der Waals surface area contributed by atoms with Crippen molar-refractivity contribution in [3.8, 4) is 0 Å². The van der Waals surface area contributed by atoms with Crippen molar-refractivity contribution in [1.82, 2.24) is 0 Å². The highest BCUT2D eigenvalue weighted by Crippen LogP contribution is 2.26. The third kappa shape index (κ3) is 3.08. The quantitative estimate of drug-likeness (QED) is 0.769. The van der Waals surface area contributed by atoms with Crippen molar-refractivity contribution in [2.75, 3.05) is 10.6 Å². The van der Waals surface area contributed by atoms with Crippen molar-refractivity contribution in [1.29, 1.82) is 0 Å². The van der Waals surface area contributed by atoms with Crippen molar-refractivity contribution in [3.05, 3.63) is 59.9 Å². The zero-order chi connectivity index (χ0) is 16.4. The predicted molar refractivity (Wildman–Crippen MR) is 89.6 cm³/mol. The van der Waals surface area contributed by atoms with Crippen LogP contribution in [0.25, 0.3) is 11.0 Å². The minimum Gasteiger partial charge on any atom is -0.461 e. The zero-order valence-corrected chi connectivity index (χ0v) is 12.8. The van der Waals surface area contributed by atoms with E-state index in [2.05, 4.69) is 10.6 Å². The highest BCUT2D eigenvalue weighted by molar-refractivity contribution is 6.13. The summed E-state index contributed by atoms with van der Waals surface area (Å²) in [5.74, 6) is 0.223. The first-order valence-electron chi connectivity index (χ1n) is 7.22. The fourth-order valence-electron chi connectivity index (χ4n) is 2.48. The zero-order valence-electron chi connectivity index (χ0n) is 12.8. The maximum atomic E-state index is 12.5. The van der Waals surface area contributed by atoms with Crippen LogP contribution in [0.5, 0.6) is 0 Å². The second kappa shape index (κ2) is 5.96. The summed E-state index contributed by atoms with van der Waals surface area (Å²) >= 11 is 0. The van der Waals surface area contributed by atoms with Crippen LogP contribution in [0.2, 0.25) is 0 Å². The number of anilines is 2. The number of benzene rings is 2. The molecular weight excluding hydrogens is 292 g/mol. The van der Waals surface area contributed by atoms with Gasteiger partial charge in [0.2, 0.25) is 5.91 Å². The molecule has 2 aromatic carbocycles. The summed E-state index contributed by atoms with van der Waals surface area (Å²) in [7, 11) is 0. The second-order valence-corrected chi connectivity index (χ2v) is 5.24. The fourth-order valence-corrected chi connectivity index (χ4v) is 2.48. The first-order chi connectivity index (χ1) is 11.0. The van der Waals surface area contributed by atoms with Crippen LogP contribution in [-0.2, 0) is 4.79 Å². The minimum atomic E-state index is -0.222. The Kier molecular flexibility index (Phi) is 3.85. The number of para-hydroxylation sites is 1. The molecule has 2 amide bonds. The first-order valence-corrected chi connectivity index (χ1v) is 7.22. The summed E-state index contributed by atoms with van der Waals surface area (Å²) in [4.78, 5) is 23.5. The summed E-state index contributed by atoms with van der Waals surface area (Å²) in [6.45, 7) is 3.22. The van der Waals surface area contributed by atoms with Gasteiger partial charge in [0.15, 0.2) is 0 Å². The van der Waals surface area contributed by atoms with E-state index in [1.807, 2.05) is 24.3 Å². The lowest BCUT2D eigenvalue weighted by Gasteiger charge is -2.07. The SMILES string of the molecule is CC(=O)Nc1ccc(NC(=O)c2c(C)oc3ccccc23)cc1. The average Bonchev–Trinajstić information content (AvgIpc) is 2.84. The van der Waals surface area contributed by atoms with Gasteiger partial charge in [-0.2, -0.15) is 0 Å². The van der Waals surface area contributed by atoms with Crippen LogP contribution in [0.1, 0.15) is 23.0 Å². The molecule has 2 N–H and O–H groups in total. The van der Waals surface area contributed by atoms with Crippen molar-refractivity contribution >= 4 is 34.2 Å². The summed E-state index contributed by atoms with van der Waals surface area (Å²) in [5, 5.41) is 6.31. The molecule has 1 aromatic heterocycles. The van der Waals surface area contributed by atoms with Gasteiger partial charge < -0.3 is 15.1 Å². The van der Waals surface area contributed by atoms with Gasteiger partial charge in [-0.05, 0) is 37.3 Å². The number of furan rings is 1. The van der Waals surface area contributed by atoms with E-state index in [1.165, 1.54) is 6.92 Å². The van der Waals surface area contributed by atoms with E-state index in [9.17, 15) is 9.59 Å². The molecule has 23 heavy (non-hydrogen) atoms.